The first-order valence-corrected chi connectivity index (χ1v) is 4.85. The normalized spacial score (nSPS) is 14.1. The highest BCUT2D eigenvalue weighted by Gasteiger charge is 2.47. The average molecular weight is 234 g/mol. The van der Waals surface area contributed by atoms with E-state index in [1.54, 1.807) is 0 Å². The number of hydrogen-bond donors (Lipinski definition) is 0. The van der Waals surface area contributed by atoms with Crippen molar-refractivity contribution in [3.63, 3.8) is 0 Å². The van der Waals surface area contributed by atoms with E-state index in [9.17, 15) is 26.4 Å². The van der Waals surface area contributed by atoms with Crippen LogP contribution in [0.3, 0.4) is 0 Å². The number of alkyl halides is 3. The summed E-state index contributed by atoms with van der Waals surface area (Å²) in [6, 6.07) is 0. The zero-order valence-corrected chi connectivity index (χ0v) is 8.28. The second-order valence-electron chi connectivity index (χ2n) is 3.27. The van der Waals surface area contributed by atoms with Crippen LogP contribution in [0.1, 0.15) is 13.8 Å². The molecule has 0 radical (unpaired) electrons. The lowest BCUT2D eigenvalue weighted by Gasteiger charge is -2.16. The van der Waals surface area contributed by atoms with Gasteiger partial charge < -0.3 is 4.79 Å². The second-order valence-corrected chi connectivity index (χ2v) is 4.88. The first-order chi connectivity index (χ1) is 6.02. The van der Waals surface area contributed by atoms with Gasteiger partial charge in [0.15, 0.2) is 0 Å². The molecule has 0 aromatic rings. The van der Waals surface area contributed by atoms with Crippen molar-refractivity contribution in [3.05, 3.63) is 0 Å². The maximum Gasteiger partial charge on any atom is 0.523 e. The summed E-state index contributed by atoms with van der Waals surface area (Å²) in [7, 11) is -5.60. The molecule has 0 aliphatic carbocycles. The molecule has 4 nitrogen and oxygen atoms in total. The first-order valence-electron chi connectivity index (χ1n) is 3.44. The maximum atomic E-state index is 11.7. The largest absolute Gasteiger partial charge is 0.523 e. The predicted molar refractivity (Wildman–Crippen MR) is 40.8 cm³/mol. The predicted octanol–water partition coefficient (Wildman–Crippen LogP) is 1.08. The molecule has 0 aromatic carbocycles. The number of aldehydes is 1. The van der Waals surface area contributed by atoms with Gasteiger partial charge in [0.2, 0.25) is 0 Å². The minimum absolute atomic E-state index is 0.318. The zero-order chi connectivity index (χ0) is 11.6. The fourth-order valence-electron chi connectivity index (χ4n) is 0.330. The molecule has 0 saturated heterocycles. The van der Waals surface area contributed by atoms with Crippen LogP contribution in [0.15, 0.2) is 0 Å². The summed E-state index contributed by atoms with van der Waals surface area (Å²) in [5, 5.41) is 0. The molecule has 0 saturated carbocycles. The topological polar surface area (TPSA) is 60.4 Å². The summed E-state index contributed by atoms with van der Waals surface area (Å²) in [4.78, 5) is 10.2. The van der Waals surface area contributed by atoms with Crippen molar-refractivity contribution in [2.75, 3.05) is 6.61 Å². The van der Waals surface area contributed by atoms with E-state index in [-0.39, 0.29) is 0 Å². The lowest BCUT2D eigenvalue weighted by molar-refractivity contribution is -0.116. The van der Waals surface area contributed by atoms with Gasteiger partial charge in [-0.3, -0.25) is 4.18 Å². The van der Waals surface area contributed by atoms with Gasteiger partial charge in [-0.05, 0) is 0 Å². The third-order valence-corrected chi connectivity index (χ3v) is 2.18. The van der Waals surface area contributed by atoms with Crippen LogP contribution in [-0.2, 0) is 19.1 Å². The molecule has 8 heteroatoms. The fraction of sp³-hybridized carbons (Fsp3) is 0.833. The molecular weight excluding hydrogens is 225 g/mol. The average Bonchev–Trinajstić information content (AvgIpc) is 1.99. The van der Waals surface area contributed by atoms with Crippen LogP contribution >= 0.6 is 0 Å². The maximum absolute atomic E-state index is 11.7. The molecular formula is C6H9F3O4S. The summed E-state index contributed by atoms with van der Waals surface area (Å²) in [5.74, 6) is 0. The van der Waals surface area contributed by atoms with Crippen LogP contribution in [0.5, 0.6) is 0 Å². The van der Waals surface area contributed by atoms with E-state index >= 15 is 0 Å². The van der Waals surface area contributed by atoms with E-state index in [1.165, 1.54) is 13.8 Å². The minimum atomic E-state index is -5.60. The van der Waals surface area contributed by atoms with Gasteiger partial charge >= 0.3 is 15.6 Å². The van der Waals surface area contributed by atoms with E-state index in [4.69, 9.17) is 0 Å². The highest BCUT2D eigenvalue weighted by atomic mass is 32.2. The van der Waals surface area contributed by atoms with E-state index in [0.29, 0.717) is 6.29 Å². The van der Waals surface area contributed by atoms with Crippen molar-refractivity contribution in [2.24, 2.45) is 5.41 Å². The SMILES string of the molecule is CC(C)(C=O)COS(=O)(=O)C(F)(F)F. The van der Waals surface area contributed by atoms with Gasteiger partial charge in [0.05, 0.1) is 6.61 Å². The van der Waals surface area contributed by atoms with Crippen LogP contribution in [0.25, 0.3) is 0 Å². The van der Waals surface area contributed by atoms with E-state index in [1.807, 2.05) is 0 Å². The van der Waals surface area contributed by atoms with Gasteiger partial charge in [-0.25, -0.2) is 0 Å². The molecule has 0 unspecified atom stereocenters. The van der Waals surface area contributed by atoms with Crippen LogP contribution in [-0.4, -0.2) is 26.8 Å². The molecule has 84 valence electrons. The van der Waals surface area contributed by atoms with E-state index in [0.717, 1.165) is 0 Å². The Morgan fingerprint density at radius 3 is 2.00 bits per heavy atom. The number of carbonyl (C=O) groups is 1. The molecule has 0 amide bonds. The molecule has 0 heterocycles. The molecule has 0 fully saturated rings. The van der Waals surface area contributed by atoms with Crippen LogP contribution < -0.4 is 0 Å². The van der Waals surface area contributed by atoms with E-state index in [2.05, 4.69) is 4.18 Å². The quantitative estimate of drug-likeness (QED) is 0.415. The van der Waals surface area contributed by atoms with Crippen LogP contribution in [0.2, 0.25) is 0 Å². The third kappa shape index (κ3) is 3.62. The van der Waals surface area contributed by atoms with Gasteiger partial charge in [0.25, 0.3) is 0 Å². The molecule has 0 rings (SSSR count). The molecule has 0 aliphatic heterocycles. The van der Waals surface area contributed by atoms with Gasteiger partial charge in [-0.2, -0.15) is 21.6 Å². The zero-order valence-electron chi connectivity index (χ0n) is 7.46. The highest BCUT2D eigenvalue weighted by Crippen LogP contribution is 2.26. The summed E-state index contributed by atoms with van der Waals surface area (Å²) in [6.07, 6.45) is 0.318. The lowest BCUT2D eigenvalue weighted by atomic mass is 9.98. The molecule has 0 bridgehead atoms. The van der Waals surface area contributed by atoms with E-state index < -0.39 is 27.6 Å². The number of hydrogen-bond acceptors (Lipinski definition) is 4. The molecule has 0 atom stereocenters. The summed E-state index contributed by atoms with van der Waals surface area (Å²) in [6.45, 7) is 1.68. The molecule has 0 aliphatic rings. The van der Waals surface area contributed by atoms with Crippen molar-refractivity contribution in [2.45, 2.75) is 19.4 Å². The Morgan fingerprint density at radius 1 is 1.29 bits per heavy atom. The Morgan fingerprint density at radius 2 is 1.71 bits per heavy atom. The molecule has 0 spiro atoms. The smallest absolute Gasteiger partial charge is 0.303 e. The first kappa shape index (κ1) is 13.4. The van der Waals surface area contributed by atoms with Crippen LogP contribution in [0.4, 0.5) is 13.2 Å². The monoisotopic (exact) mass is 234 g/mol. The van der Waals surface area contributed by atoms with Crippen molar-refractivity contribution in [1.82, 2.24) is 0 Å². The minimum Gasteiger partial charge on any atom is -0.303 e. The highest BCUT2D eigenvalue weighted by molar-refractivity contribution is 7.87. The number of halogens is 3. The van der Waals surface area contributed by atoms with Crippen LogP contribution in [0, 0.1) is 5.41 Å². The summed E-state index contributed by atoms with van der Waals surface area (Å²) < 4.78 is 59.5. The van der Waals surface area contributed by atoms with Crippen molar-refractivity contribution in [1.29, 1.82) is 0 Å². The Bertz CT molecular complexity index is 304. The molecule has 0 aromatic heterocycles. The number of carbonyl (C=O) groups excluding carboxylic acids is 1. The molecule has 14 heavy (non-hydrogen) atoms. The second kappa shape index (κ2) is 3.85. The Hall–Kier alpha value is -0.630. The van der Waals surface area contributed by atoms with Gasteiger partial charge in [0, 0.05) is 5.41 Å². The van der Waals surface area contributed by atoms with Gasteiger partial charge in [-0.1, -0.05) is 13.8 Å². The number of rotatable bonds is 4. The van der Waals surface area contributed by atoms with Crippen molar-refractivity contribution in [3.8, 4) is 0 Å². The fourth-order valence-corrected chi connectivity index (χ4v) is 0.923. The van der Waals surface area contributed by atoms with Gasteiger partial charge in [-0.15, -0.1) is 0 Å². The van der Waals surface area contributed by atoms with Crippen molar-refractivity contribution >= 4 is 16.4 Å². The third-order valence-electron chi connectivity index (χ3n) is 1.19. The Kier molecular flexibility index (Phi) is 3.68. The molecule has 0 N–H and O–H groups in total. The Balaban J connectivity index is 4.51. The standard InChI is InChI=1S/C6H9F3O4S/c1-5(2,3-10)4-13-14(11,12)6(7,8)9/h3H,4H2,1-2H3. The Labute approximate surface area is 79.2 Å². The summed E-state index contributed by atoms with van der Waals surface area (Å²) >= 11 is 0. The summed E-state index contributed by atoms with van der Waals surface area (Å²) in [5.41, 5.74) is -6.72. The van der Waals surface area contributed by atoms with Gasteiger partial charge in [0.1, 0.15) is 6.29 Å². The lowest BCUT2D eigenvalue weighted by Crippen LogP contribution is -2.30. The van der Waals surface area contributed by atoms with Crippen molar-refractivity contribution < 1.29 is 30.6 Å².